The predicted molar refractivity (Wildman–Crippen MR) is 115 cm³/mol. The Hall–Kier alpha value is -3.72. The van der Waals surface area contributed by atoms with E-state index in [0.717, 1.165) is 11.2 Å². The first-order valence-electron chi connectivity index (χ1n) is 9.49. The number of amides is 1. The number of hydrogen-bond donors (Lipinski definition) is 2. The molecule has 9 nitrogen and oxygen atoms in total. The van der Waals surface area contributed by atoms with E-state index in [9.17, 15) is 9.59 Å². The summed E-state index contributed by atoms with van der Waals surface area (Å²) in [5.41, 5.74) is 2.11. The van der Waals surface area contributed by atoms with E-state index in [1.807, 2.05) is 40.8 Å². The van der Waals surface area contributed by atoms with Gasteiger partial charge in [-0.05, 0) is 37.3 Å². The van der Waals surface area contributed by atoms with Crippen LogP contribution in [0.2, 0.25) is 0 Å². The van der Waals surface area contributed by atoms with Crippen LogP contribution in [0.3, 0.4) is 0 Å². The molecule has 0 radical (unpaired) electrons. The van der Waals surface area contributed by atoms with Crippen molar-refractivity contribution in [3.05, 3.63) is 64.7 Å². The van der Waals surface area contributed by atoms with Crippen molar-refractivity contribution in [2.24, 2.45) is 7.05 Å². The van der Waals surface area contributed by atoms with E-state index in [1.165, 1.54) is 11.7 Å². The average molecular weight is 406 g/mol. The maximum Gasteiger partial charge on any atom is 0.262 e. The number of rotatable bonds is 6. The second kappa shape index (κ2) is 7.96. The van der Waals surface area contributed by atoms with Gasteiger partial charge in [0.15, 0.2) is 5.82 Å². The van der Waals surface area contributed by atoms with Crippen LogP contribution in [0.5, 0.6) is 0 Å². The summed E-state index contributed by atoms with van der Waals surface area (Å²) in [5.74, 6) is 0.926. The molecule has 0 fully saturated rings. The molecule has 2 aromatic heterocycles. The van der Waals surface area contributed by atoms with E-state index in [0.29, 0.717) is 29.2 Å². The maximum atomic E-state index is 12.5. The van der Waals surface area contributed by atoms with Crippen LogP contribution < -0.4 is 16.2 Å². The topological polar surface area (TPSA) is 103 Å². The Bertz CT molecular complexity index is 1290. The lowest BCUT2D eigenvalue weighted by molar-refractivity contribution is -0.124. The second-order valence-electron chi connectivity index (χ2n) is 6.93. The van der Waals surface area contributed by atoms with Gasteiger partial charge in [0.1, 0.15) is 6.10 Å². The first-order valence-corrected chi connectivity index (χ1v) is 9.49. The van der Waals surface area contributed by atoms with Gasteiger partial charge in [-0.3, -0.25) is 18.6 Å². The zero-order chi connectivity index (χ0) is 21.3. The number of hydrogen-bond acceptors (Lipinski definition) is 6. The van der Waals surface area contributed by atoms with E-state index in [-0.39, 0.29) is 11.5 Å². The lowest BCUT2D eigenvalue weighted by Crippen LogP contribution is -2.26. The summed E-state index contributed by atoms with van der Waals surface area (Å²) in [6, 6.07) is 14.8. The number of aryl methyl sites for hydroxylation is 1. The minimum atomic E-state index is -0.538. The molecule has 0 bridgehead atoms. The van der Waals surface area contributed by atoms with Crippen molar-refractivity contribution in [3.63, 3.8) is 0 Å². The Kier molecular flexibility index (Phi) is 5.20. The van der Waals surface area contributed by atoms with Gasteiger partial charge in [0.25, 0.3) is 11.5 Å². The molecular formula is C21H22N6O3. The number of carbonyl (C=O) groups is 1. The Balaban J connectivity index is 1.61. The van der Waals surface area contributed by atoms with Crippen LogP contribution >= 0.6 is 0 Å². The molecule has 0 aliphatic carbocycles. The quantitative estimate of drug-likeness (QED) is 0.509. The molecular weight excluding hydrogens is 384 g/mol. The van der Waals surface area contributed by atoms with E-state index < -0.39 is 6.10 Å². The molecule has 9 heteroatoms. The molecule has 1 amide bonds. The number of methoxy groups -OCH3 is 1. The van der Waals surface area contributed by atoms with Crippen LogP contribution in [0, 0.1) is 0 Å². The van der Waals surface area contributed by atoms with Gasteiger partial charge in [-0.2, -0.15) is 0 Å². The summed E-state index contributed by atoms with van der Waals surface area (Å²) >= 11 is 0. The molecule has 2 N–H and O–H groups in total. The number of benzene rings is 2. The van der Waals surface area contributed by atoms with Crippen molar-refractivity contribution in [1.29, 1.82) is 0 Å². The Morgan fingerprint density at radius 1 is 1.13 bits per heavy atom. The zero-order valence-electron chi connectivity index (χ0n) is 16.9. The summed E-state index contributed by atoms with van der Waals surface area (Å²) in [4.78, 5) is 24.6. The average Bonchev–Trinajstić information content (AvgIpc) is 3.20. The minimum Gasteiger partial charge on any atom is -0.378 e. The summed E-state index contributed by atoms with van der Waals surface area (Å²) < 4.78 is 8.40. The van der Waals surface area contributed by atoms with Gasteiger partial charge in [0.2, 0.25) is 5.78 Å². The molecule has 2 heterocycles. The van der Waals surface area contributed by atoms with E-state index in [1.54, 1.807) is 26.1 Å². The fourth-order valence-electron chi connectivity index (χ4n) is 3.25. The summed E-state index contributed by atoms with van der Waals surface area (Å²) in [5, 5.41) is 15.2. The van der Waals surface area contributed by atoms with Crippen molar-refractivity contribution in [1.82, 2.24) is 19.2 Å². The lowest BCUT2D eigenvalue weighted by Gasteiger charge is -2.12. The summed E-state index contributed by atoms with van der Waals surface area (Å²) in [7, 11) is 3.17. The van der Waals surface area contributed by atoms with Gasteiger partial charge in [-0.1, -0.05) is 18.2 Å². The fraction of sp³-hybridized carbons (Fsp3) is 0.238. The van der Waals surface area contributed by atoms with Crippen molar-refractivity contribution < 1.29 is 9.53 Å². The summed E-state index contributed by atoms with van der Waals surface area (Å²) in [6.45, 7) is 2.07. The van der Waals surface area contributed by atoms with Crippen LogP contribution in [0.25, 0.3) is 16.7 Å². The number of aromatic nitrogens is 4. The maximum absolute atomic E-state index is 12.5. The normalized spacial score (nSPS) is 12.2. The number of ether oxygens (including phenoxy) is 1. The fourth-order valence-corrected chi connectivity index (χ4v) is 3.25. The SMILES string of the molecule is COC(C)C(=O)Nc1cccc(NCc2nnc3n(C)c(=O)c4ccccc4n23)c1. The molecule has 1 unspecified atom stereocenters. The molecule has 1 atom stereocenters. The third-order valence-corrected chi connectivity index (χ3v) is 5.00. The highest BCUT2D eigenvalue weighted by Crippen LogP contribution is 2.18. The van der Waals surface area contributed by atoms with Crippen LogP contribution in [0.15, 0.2) is 53.3 Å². The van der Waals surface area contributed by atoms with Crippen molar-refractivity contribution in [2.75, 3.05) is 17.7 Å². The number of para-hydroxylation sites is 1. The van der Waals surface area contributed by atoms with E-state index >= 15 is 0 Å². The van der Waals surface area contributed by atoms with Gasteiger partial charge >= 0.3 is 0 Å². The number of nitrogens with zero attached hydrogens (tertiary/aromatic N) is 4. The van der Waals surface area contributed by atoms with Gasteiger partial charge in [-0.15, -0.1) is 10.2 Å². The Labute approximate surface area is 172 Å². The van der Waals surface area contributed by atoms with E-state index in [4.69, 9.17) is 4.74 Å². The van der Waals surface area contributed by atoms with E-state index in [2.05, 4.69) is 20.8 Å². The van der Waals surface area contributed by atoms with Gasteiger partial charge < -0.3 is 15.4 Å². The highest BCUT2D eigenvalue weighted by Gasteiger charge is 2.15. The molecule has 4 aromatic rings. The standard InChI is InChI=1S/C21H22N6O3/c1-13(30-3)19(28)23-15-8-6-7-14(11-15)22-12-18-24-25-21-26(2)20(29)16-9-4-5-10-17(16)27(18)21/h4-11,13,22H,12H2,1-3H3,(H,23,28). The highest BCUT2D eigenvalue weighted by molar-refractivity contribution is 5.94. The first kappa shape index (κ1) is 19.6. The van der Waals surface area contributed by atoms with Crippen molar-refractivity contribution in [3.8, 4) is 0 Å². The van der Waals surface area contributed by atoms with Crippen LogP contribution in [-0.4, -0.2) is 38.3 Å². The Morgan fingerprint density at radius 3 is 2.70 bits per heavy atom. The van der Waals surface area contributed by atoms with Gasteiger partial charge in [0.05, 0.1) is 17.4 Å². The smallest absolute Gasteiger partial charge is 0.262 e. The van der Waals surface area contributed by atoms with Crippen molar-refractivity contribution >= 4 is 34.0 Å². The third kappa shape index (κ3) is 3.50. The minimum absolute atomic E-state index is 0.112. The number of fused-ring (bicyclic) bond motifs is 3. The van der Waals surface area contributed by atoms with Gasteiger partial charge in [-0.25, -0.2) is 0 Å². The molecule has 154 valence electrons. The number of nitrogens with one attached hydrogen (secondary N) is 2. The molecule has 0 saturated carbocycles. The van der Waals surface area contributed by atoms with Crippen LogP contribution in [0.4, 0.5) is 11.4 Å². The first-order chi connectivity index (χ1) is 14.5. The number of carbonyl (C=O) groups excluding carboxylic acids is 1. The monoisotopic (exact) mass is 406 g/mol. The molecule has 0 aliphatic heterocycles. The molecule has 0 spiro atoms. The second-order valence-corrected chi connectivity index (χ2v) is 6.93. The van der Waals surface area contributed by atoms with Crippen LogP contribution in [-0.2, 0) is 23.1 Å². The molecule has 4 rings (SSSR count). The largest absolute Gasteiger partial charge is 0.378 e. The predicted octanol–water partition coefficient (Wildman–Crippen LogP) is 2.17. The third-order valence-electron chi connectivity index (χ3n) is 5.00. The summed E-state index contributed by atoms with van der Waals surface area (Å²) in [6.07, 6.45) is -0.538. The lowest BCUT2D eigenvalue weighted by atomic mass is 10.2. The van der Waals surface area contributed by atoms with Gasteiger partial charge in [0, 0.05) is 25.5 Å². The molecule has 2 aromatic carbocycles. The Morgan fingerprint density at radius 2 is 1.90 bits per heavy atom. The molecule has 0 aliphatic rings. The van der Waals surface area contributed by atoms with Crippen molar-refractivity contribution in [2.45, 2.75) is 19.6 Å². The zero-order valence-corrected chi connectivity index (χ0v) is 16.9. The molecule has 30 heavy (non-hydrogen) atoms. The highest BCUT2D eigenvalue weighted by atomic mass is 16.5. The van der Waals surface area contributed by atoms with Crippen LogP contribution in [0.1, 0.15) is 12.7 Å². The number of anilines is 2. The molecule has 0 saturated heterocycles.